The first kappa shape index (κ1) is 10.9. The van der Waals surface area contributed by atoms with Gasteiger partial charge >= 0.3 is 5.97 Å². The molecule has 0 spiro atoms. The number of carbonyl (C=O) groups is 1. The second kappa shape index (κ2) is 4.09. The number of rotatable bonds is 3. The molecule has 0 aliphatic carbocycles. The lowest BCUT2D eigenvalue weighted by Gasteiger charge is -2.05. The van der Waals surface area contributed by atoms with Crippen LogP contribution in [0.15, 0.2) is 18.5 Å². The van der Waals surface area contributed by atoms with Crippen molar-refractivity contribution in [2.45, 2.75) is 13.3 Å². The van der Waals surface area contributed by atoms with E-state index in [1.54, 1.807) is 29.8 Å². The Morgan fingerprint density at radius 3 is 3.12 bits per heavy atom. The predicted octanol–water partition coefficient (Wildman–Crippen LogP) is 1.65. The van der Waals surface area contributed by atoms with Crippen LogP contribution in [0.25, 0.3) is 5.78 Å². The molecular weight excluding hydrogens is 230 g/mol. The number of aliphatic carboxylic acids is 1. The second-order valence-electron chi connectivity index (χ2n) is 3.58. The van der Waals surface area contributed by atoms with Gasteiger partial charge in [-0.2, -0.15) is 4.98 Å². The third-order valence-electron chi connectivity index (χ3n) is 2.37. The molecule has 0 fully saturated rings. The number of imidazole rings is 1. The van der Waals surface area contributed by atoms with E-state index in [-0.39, 0.29) is 0 Å². The van der Waals surface area contributed by atoms with Crippen LogP contribution in [0.1, 0.15) is 12.6 Å². The number of fused-ring (bicyclic) bond motifs is 1. The molecule has 0 saturated carbocycles. The van der Waals surface area contributed by atoms with Crippen LogP contribution in [-0.2, 0) is 11.2 Å². The van der Waals surface area contributed by atoms with Crippen molar-refractivity contribution in [3.63, 3.8) is 0 Å². The molecule has 2 rings (SSSR count). The van der Waals surface area contributed by atoms with Crippen molar-refractivity contribution in [2.24, 2.45) is 5.92 Å². The Bertz CT molecular complexity index is 538. The summed E-state index contributed by atoms with van der Waals surface area (Å²) in [7, 11) is 0. The van der Waals surface area contributed by atoms with Gasteiger partial charge in [0.1, 0.15) is 0 Å². The zero-order chi connectivity index (χ0) is 11.7. The van der Waals surface area contributed by atoms with Crippen molar-refractivity contribution in [3.8, 4) is 0 Å². The zero-order valence-corrected chi connectivity index (χ0v) is 9.35. The van der Waals surface area contributed by atoms with Crippen LogP contribution in [0.4, 0.5) is 0 Å². The first-order valence-corrected chi connectivity index (χ1v) is 5.17. The van der Waals surface area contributed by atoms with E-state index in [0.717, 1.165) is 0 Å². The first-order valence-electron chi connectivity index (χ1n) is 4.80. The third kappa shape index (κ3) is 1.86. The highest BCUT2D eigenvalue weighted by molar-refractivity contribution is 6.30. The van der Waals surface area contributed by atoms with Gasteiger partial charge in [0.25, 0.3) is 0 Å². The molecule has 2 heterocycles. The Labute approximate surface area is 96.7 Å². The van der Waals surface area contributed by atoms with Gasteiger partial charge in [0, 0.05) is 18.8 Å². The van der Waals surface area contributed by atoms with Gasteiger partial charge in [0.2, 0.25) is 5.78 Å². The summed E-state index contributed by atoms with van der Waals surface area (Å²) in [4.78, 5) is 18.9. The molecule has 0 saturated heterocycles. The monoisotopic (exact) mass is 239 g/mol. The molecule has 1 unspecified atom stereocenters. The fraction of sp³-hybridized carbons (Fsp3) is 0.300. The first-order chi connectivity index (χ1) is 7.59. The van der Waals surface area contributed by atoms with Crippen molar-refractivity contribution < 1.29 is 9.90 Å². The van der Waals surface area contributed by atoms with Crippen LogP contribution in [-0.4, -0.2) is 25.4 Å². The molecule has 1 N–H and O–H groups in total. The van der Waals surface area contributed by atoms with Crippen LogP contribution in [0.5, 0.6) is 0 Å². The van der Waals surface area contributed by atoms with Gasteiger partial charge in [-0.25, -0.2) is 4.98 Å². The summed E-state index contributed by atoms with van der Waals surface area (Å²) in [5.41, 5.74) is 0.680. The average Bonchev–Trinajstić information content (AvgIpc) is 2.55. The normalized spacial score (nSPS) is 12.9. The van der Waals surface area contributed by atoms with E-state index in [4.69, 9.17) is 16.7 Å². The molecule has 0 aliphatic rings. The molecule has 6 heteroatoms. The van der Waals surface area contributed by atoms with Crippen molar-refractivity contribution >= 4 is 23.3 Å². The maximum atomic E-state index is 10.8. The van der Waals surface area contributed by atoms with Crippen molar-refractivity contribution in [1.82, 2.24) is 14.4 Å². The summed E-state index contributed by atoms with van der Waals surface area (Å²) in [5, 5.41) is 9.17. The molecule has 0 bridgehead atoms. The number of hydrogen-bond acceptors (Lipinski definition) is 3. The highest BCUT2D eigenvalue weighted by Gasteiger charge is 2.18. The molecule has 84 valence electrons. The van der Waals surface area contributed by atoms with Gasteiger partial charge in [-0.3, -0.25) is 9.20 Å². The lowest BCUT2D eigenvalue weighted by Crippen LogP contribution is -2.13. The average molecular weight is 240 g/mol. The van der Waals surface area contributed by atoms with Crippen LogP contribution < -0.4 is 0 Å². The predicted molar refractivity (Wildman–Crippen MR) is 58.5 cm³/mol. The van der Waals surface area contributed by atoms with Gasteiger partial charge in [0.05, 0.1) is 11.6 Å². The Morgan fingerprint density at radius 2 is 2.44 bits per heavy atom. The second-order valence-corrected chi connectivity index (χ2v) is 3.94. The van der Waals surface area contributed by atoms with Gasteiger partial charge in [-0.05, 0) is 6.07 Å². The molecular formula is C10H10ClN3O2. The third-order valence-corrected chi connectivity index (χ3v) is 2.68. The minimum absolute atomic E-state index is 0.312. The molecule has 2 aromatic rings. The number of hydrogen-bond donors (Lipinski definition) is 1. The van der Waals surface area contributed by atoms with Crippen molar-refractivity contribution in [3.05, 3.63) is 29.3 Å². The standard InChI is InChI=1S/C10H10ClN3O2/c1-6(9(15)16)5-7-8(11)13-10-12-3-2-4-14(7)10/h2-4,6H,5H2,1H3,(H,15,16). The Kier molecular flexibility index (Phi) is 2.78. The van der Waals surface area contributed by atoms with Crippen LogP contribution >= 0.6 is 11.6 Å². The van der Waals surface area contributed by atoms with Gasteiger partial charge < -0.3 is 5.11 Å². The van der Waals surface area contributed by atoms with E-state index in [1.165, 1.54) is 0 Å². The highest BCUT2D eigenvalue weighted by Crippen LogP contribution is 2.19. The molecule has 16 heavy (non-hydrogen) atoms. The minimum Gasteiger partial charge on any atom is -0.481 e. The van der Waals surface area contributed by atoms with Crippen LogP contribution in [0.2, 0.25) is 5.15 Å². The van der Waals surface area contributed by atoms with Crippen molar-refractivity contribution in [2.75, 3.05) is 0 Å². The van der Waals surface area contributed by atoms with Gasteiger partial charge in [-0.1, -0.05) is 18.5 Å². The highest BCUT2D eigenvalue weighted by atomic mass is 35.5. The van der Waals surface area contributed by atoms with Crippen LogP contribution in [0, 0.1) is 5.92 Å². The van der Waals surface area contributed by atoms with Gasteiger partial charge in [-0.15, -0.1) is 0 Å². The molecule has 0 aliphatic heterocycles. The topological polar surface area (TPSA) is 67.5 Å². The maximum absolute atomic E-state index is 10.8. The molecule has 2 aromatic heterocycles. The number of carboxylic acids is 1. The summed E-state index contributed by atoms with van der Waals surface area (Å²) in [6.45, 7) is 1.63. The quantitative estimate of drug-likeness (QED) is 0.884. The smallest absolute Gasteiger partial charge is 0.306 e. The largest absolute Gasteiger partial charge is 0.481 e. The Balaban J connectivity index is 2.43. The van der Waals surface area contributed by atoms with Crippen LogP contribution in [0.3, 0.4) is 0 Å². The lowest BCUT2D eigenvalue weighted by molar-refractivity contribution is -0.141. The van der Waals surface area contributed by atoms with E-state index in [2.05, 4.69) is 9.97 Å². The number of nitrogens with zero attached hydrogens (tertiary/aromatic N) is 3. The van der Waals surface area contributed by atoms with E-state index < -0.39 is 11.9 Å². The fourth-order valence-corrected chi connectivity index (χ4v) is 1.71. The maximum Gasteiger partial charge on any atom is 0.306 e. The summed E-state index contributed by atoms with van der Waals surface area (Å²) in [6, 6.07) is 1.75. The van der Waals surface area contributed by atoms with Crippen molar-refractivity contribution in [1.29, 1.82) is 0 Å². The van der Waals surface area contributed by atoms with E-state index in [9.17, 15) is 4.79 Å². The zero-order valence-electron chi connectivity index (χ0n) is 8.59. The lowest BCUT2D eigenvalue weighted by atomic mass is 10.1. The number of carboxylic acid groups (broad SMARTS) is 1. The SMILES string of the molecule is CC(Cc1c(Cl)nc2ncccn12)C(=O)O. The molecule has 1 atom stereocenters. The minimum atomic E-state index is -0.852. The fourth-order valence-electron chi connectivity index (χ4n) is 1.47. The van der Waals surface area contributed by atoms with Gasteiger partial charge in [0.15, 0.2) is 5.15 Å². The van der Waals surface area contributed by atoms with E-state index in [1.807, 2.05) is 0 Å². The number of aromatic nitrogens is 3. The molecule has 0 amide bonds. The molecule has 0 aromatic carbocycles. The summed E-state index contributed by atoms with van der Waals surface area (Å²) < 4.78 is 1.71. The summed E-state index contributed by atoms with van der Waals surface area (Å²) >= 11 is 5.95. The van der Waals surface area contributed by atoms with E-state index >= 15 is 0 Å². The Hall–Kier alpha value is -1.62. The molecule has 0 radical (unpaired) electrons. The van der Waals surface area contributed by atoms with E-state index in [0.29, 0.717) is 23.0 Å². The summed E-state index contributed by atoms with van der Waals surface area (Å²) in [5.74, 6) is -0.868. The Morgan fingerprint density at radius 1 is 1.69 bits per heavy atom. The molecule has 5 nitrogen and oxygen atoms in total. The summed E-state index contributed by atoms with van der Waals surface area (Å²) in [6.07, 6.45) is 3.72. The number of halogens is 1.